The van der Waals surface area contributed by atoms with Crippen LogP contribution in [0, 0.1) is 0 Å². The van der Waals surface area contributed by atoms with Gasteiger partial charge in [0.1, 0.15) is 0 Å². The van der Waals surface area contributed by atoms with Crippen LogP contribution >= 0.6 is 0 Å². The molecule has 1 unspecified atom stereocenters. The number of allylic oxidation sites excluding steroid dienone is 4. The summed E-state index contributed by atoms with van der Waals surface area (Å²) < 4.78 is 5.38. The molecule has 1 saturated heterocycles. The van der Waals surface area contributed by atoms with Crippen molar-refractivity contribution >= 4 is 22.7 Å². The quantitative estimate of drug-likeness (QED) is 0.718. The first-order valence-corrected chi connectivity index (χ1v) is 9.40. The van der Waals surface area contributed by atoms with Gasteiger partial charge in [-0.25, -0.2) is 4.79 Å². The molecule has 3 rings (SSSR count). The molecule has 7 heteroatoms. The smallest absolute Gasteiger partial charge is 0.406 e. The van der Waals surface area contributed by atoms with Crippen LogP contribution in [-0.4, -0.2) is 41.5 Å². The SMILES string of the molecule is C=C/C=C(\C=C/C)N1CCN(c2cccc3[nH]c(=O)oc23)C(CCC(N)=O)C1. The van der Waals surface area contributed by atoms with E-state index in [1.165, 1.54) is 0 Å². The highest BCUT2D eigenvalue weighted by Gasteiger charge is 2.29. The molecule has 1 atom stereocenters. The number of primary amides is 1. The molecular formula is C21H26N4O3. The number of para-hydroxylation sites is 1. The Morgan fingerprint density at radius 2 is 2.25 bits per heavy atom. The van der Waals surface area contributed by atoms with Crippen LogP contribution in [0.3, 0.4) is 0 Å². The van der Waals surface area contributed by atoms with Crippen LogP contribution < -0.4 is 16.4 Å². The van der Waals surface area contributed by atoms with Crippen LogP contribution in [0.5, 0.6) is 0 Å². The number of benzene rings is 1. The summed E-state index contributed by atoms with van der Waals surface area (Å²) in [6, 6.07) is 5.70. The van der Waals surface area contributed by atoms with Crippen LogP contribution in [0.4, 0.5) is 5.69 Å². The zero-order chi connectivity index (χ0) is 20.1. The van der Waals surface area contributed by atoms with E-state index in [4.69, 9.17) is 10.2 Å². The highest BCUT2D eigenvalue weighted by Crippen LogP contribution is 2.30. The largest absolute Gasteiger partial charge is 0.417 e. The van der Waals surface area contributed by atoms with Gasteiger partial charge >= 0.3 is 5.76 Å². The van der Waals surface area contributed by atoms with Gasteiger partial charge in [-0.15, -0.1) is 0 Å². The van der Waals surface area contributed by atoms with E-state index in [9.17, 15) is 9.59 Å². The maximum Gasteiger partial charge on any atom is 0.417 e. The lowest BCUT2D eigenvalue weighted by atomic mass is 10.0. The number of nitrogens with one attached hydrogen (secondary N) is 1. The van der Waals surface area contributed by atoms with Crippen LogP contribution in [-0.2, 0) is 4.79 Å². The van der Waals surface area contributed by atoms with Crippen LogP contribution in [0.25, 0.3) is 11.1 Å². The molecule has 1 aliphatic heterocycles. The van der Waals surface area contributed by atoms with Gasteiger partial charge in [-0.3, -0.25) is 9.78 Å². The molecule has 0 saturated carbocycles. The number of rotatable bonds is 7. The number of amides is 1. The molecule has 1 fully saturated rings. The van der Waals surface area contributed by atoms with Gasteiger partial charge in [0, 0.05) is 37.8 Å². The van der Waals surface area contributed by atoms with Crippen LogP contribution in [0.1, 0.15) is 19.8 Å². The fourth-order valence-electron chi connectivity index (χ4n) is 3.71. The van der Waals surface area contributed by atoms with E-state index < -0.39 is 5.76 Å². The number of oxazole rings is 1. The van der Waals surface area contributed by atoms with Crippen molar-refractivity contribution in [2.45, 2.75) is 25.8 Å². The molecular weight excluding hydrogens is 356 g/mol. The lowest BCUT2D eigenvalue weighted by Gasteiger charge is -2.44. The average molecular weight is 382 g/mol. The normalized spacial score (nSPS) is 18.2. The van der Waals surface area contributed by atoms with Gasteiger partial charge in [-0.05, 0) is 37.6 Å². The molecule has 1 amide bonds. The molecule has 1 aromatic heterocycles. The third-order valence-corrected chi connectivity index (χ3v) is 4.93. The molecule has 1 aromatic carbocycles. The topological polar surface area (TPSA) is 95.6 Å². The molecule has 7 nitrogen and oxygen atoms in total. The predicted octanol–water partition coefficient (Wildman–Crippen LogP) is 2.52. The maximum atomic E-state index is 11.7. The van der Waals surface area contributed by atoms with Gasteiger partial charge in [-0.1, -0.05) is 24.8 Å². The number of aromatic amines is 1. The van der Waals surface area contributed by atoms with E-state index >= 15 is 0 Å². The number of fused-ring (bicyclic) bond motifs is 1. The molecule has 0 spiro atoms. The summed E-state index contributed by atoms with van der Waals surface area (Å²) >= 11 is 0. The first kappa shape index (κ1) is 19.5. The highest BCUT2D eigenvalue weighted by atomic mass is 16.4. The summed E-state index contributed by atoms with van der Waals surface area (Å²) in [6.45, 7) is 8.02. The number of hydrogen-bond acceptors (Lipinski definition) is 5. The fraction of sp³-hybridized carbons (Fsp3) is 0.333. The molecule has 0 aliphatic carbocycles. The number of aromatic nitrogens is 1. The Morgan fingerprint density at radius 1 is 1.43 bits per heavy atom. The van der Waals surface area contributed by atoms with E-state index in [2.05, 4.69) is 27.4 Å². The molecule has 3 N–H and O–H groups in total. The van der Waals surface area contributed by atoms with Gasteiger partial charge in [-0.2, -0.15) is 0 Å². The van der Waals surface area contributed by atoms with Gasteiger partial charge in [0.25, 0.3) is 0 Å². The monoisotopic (exact) mass is 382 g/mol. The van der Waals surface area contributed by atoms with E-state index in [0.717, 1.165) is 31.0 Å². The van der Waals surface area contributed by atoms with Crippen molar-refractivity contribution in [3.8, 4) is 0 Å². The summed E-state index contributed by atoms with van der Waals surface area (Å²) in [5, 5.41) is 0. The Balaban J connectivity index is 1.94. The molecule has 28 heavy (non-hydrogen) atoms. The standard InChI is InChI=1S/C21H26N4O3/c1-3-6-15(7-4-2)24-12-13-25(16(14-24)10-11-19(22)26)18-9-5-8-17-20(18)28-21(27)23-17/h3-9,16H,1,10-14H2,2H3,(H2,22,26)(H,23,27)/b7-4-,15-6+. The molecule has 2 heterocycles. The average Bonchev–Trinajstić information content (AvgIpc) is 3.06. The number of piperazine rings is 1. The molecule has 0 radical (unpaired) electrons. The van der Waals surface area contributed by atoms with E-state index in [1.807, 2.05) is 37.3 Å². The zero-order valence-corrected chi connectivity index (χ0v) is 16.1. The lowest BCUT2D eigenvalue weighted by molar-refractivity contribution is -0.118. The highest BCUT2D eigenvalue weighted by molar-refractivity contribution is 5.86. The number of carbonyl (C=O) groups excluding carboxylic acids is 1. The Hall–Kier alpha value is -3.22. The van der Waals surface area contributed by atoms with Crippen molar-refractivity contribution in [2.24, 2.45) is 5.73 Å². The van der Waals surface area contributed by atoms with Gasteiger partial charge in [0.15, 0.2) is 5.58 Å². The van der Waals surface area contributed by atoms with Gasteiger partial charge < -0.3 is 20.0 Å². The molecule has 0 bridgehead atoms. The second-order valence-electron chi connectivity index (χ2n) is 6.79. The fourth-order valence-corrected chi connectivity index (χ4v) is 3.71. The Kier molecular flexibility index (Phi) is 6.03. The Bertz CT molecular complexity index is 969. The Labute approximate surface area is 163 Å². The molecule has 148 valence electrons. The zero-order valence-electron chi connectivity index (χ0n) is 16.1. The minimum absolute atomic E-state index is 0.0468. The third kappa shape index (κ3) is 4.19. The Morgan fingerprint density at radius 3 is 2.96 bits per heavy atom. The first-order valence-electron chi connectivity index (χ1n) is 9.40. The first-order chi connectivity index (χ1) is 13.5. The number of anilines is 1. The summed E-state index contributed by atoms with van der Waals surface area (Å²) in [4.78, 5) is 30.3. The lowest BCUT2D eigenvalue weighted by Crippen LogP contribution is -2.53. The number of H-pyrrole nitrogens is 1. The summed E-state index contributed by atoms with van der Waals surface area (Å²) in [6.07, 6.45) is 8.71. The second kappa shape index (κ2) is 8.65. The van der Waals surface area contributed by atoms with Crippen molar-refractivity contribution in [3.05, 3.63) is 65.3 Å². The maximum absolute atomic E-state index is 11.7. The summed E-state index contributed by atoms with van der Waals surface area (Å²) in [5.41, 5.74) is 8.54. The van der Waals surface area contributed by atoms with Crippen molar-refractivity contribution < 1.29 is 9.21 Å². The van der Waals surface area contributed by atoms with E-state index in [1.54, 1.807) is 6.08 Å². The van der Waals surface area contributed by atoms with Crippen molar-refractivity contribution in [1.82, 2.24) is 9.88 Å². The van der Waals surface area contributed by atoms with E-state index in [-0.39, 0.29) is 11.9 Å². The molecule has 1 aliphatic rings. The van der Waals surface area contributed by atoms with Crippen molar-refractivity contribution in [2.75, 3.05) is 24.5 Å². The van der Waals surface area contributed by atoms with E-state index in [0.29, 0.717) is 23.9 Å². The minimum Gasteiger partial charge on any atom is -0.406 e. The van der Waals surface area contributed by atoms with Crippen molar-refractivity contribution in [3.63, 3.8) is 0 Å². The number of nitrogens with zero attached hydrogens (tertiary/aromatic N) is 2. The summed E-state index contributed by atoms with van der Waals surface area (Å²) in [7, 11) is 0. The molecule has 2 aromatic rings. The summed E-state index contributed by atoms with van der Waals surface area (Å²) in [5.74, 6) is -0.794. The van der Waals surface area contributed by atoms with Gasteiger partial charge in [0.2, 0.25) is 5.91 Å². The predicted molar refractivity (Wildman–Crippen MR) is 111 cm³/mol. The second-order valence-corrected chi connectivity index (χ2v) is 6.79. The van der Waals surface area contributed by atoms with Crippen LogP contribution in [0.15, 0.2) is 64.0 Å². The van der Waals surface area contributed by atoms with Crippen LogP contribution in [0.2, 0.25) is 0 Å². The van der Waals surface area contributed by atoms with Gasteiger partial charge in [0.05, 0.1) is 11.2 Å². The number of carbonyl (C=O) groups is 1. The minimum atomic E-state index is -0.473. The number of nitrogens with two attached hydrogens (primary N) is 1. The van der Waals surface area contributed by atoms with Crippen molar-refractivity contribution in [1.29, 1.82) is 0 Å². The number of hydrogen-bond donors (Lipinski definition) is 2. The third-order valence-electron chi connectivity index (χ3n) is 4.93.